The van der Waals surface area contributed by atoms with E-state index in [1.165, 1.54) is 16.1 Å². The first-order valence-electron chi connectivity index (χ1n) is 4.74. The number of hydrogen-bond acceptors (Lipinski definition) is 6. The van der Waals surface area contributed by atoms with Gasteiger partial charge in [0.05, 0.1) is 21.8 Å². The third-order valence-corrected chi connectivity index (χ3v) is 3.71. The molecule has 1 atom stereocenters. The second-order valence-electron chi connectivity index (χ2n) is 3.40. The van der Waals surface area contributed by atoms with E-state index in [0.29, 0.717) is 20.9 Å². The van der Waals surface area contributed by atoms with Crippen molar-refractivity contribution >= 4 is 34.5 Å². The van der Waals surface area contributed by atoms with Crippen molar-refractivity contribution < 1.29 is 0 Å². The first kappa shape index (κ1) is 12.7. The normalized spacial score (nSPS) is 12.9. The molecule has 3 N–H and O–H groups in total. The lowest BCUT2D eigenvalue weighted by atomic mass is 10.1. The zero-order valence-electron chi connectivity index (χ0n) is 8.89. The summed E-state index contributed by atoms with van der Waals surface area (Å²) in [5.41, 5.74) is 3.52. The number of aromatic nitrogens is 4. The summed E-state index contributed by atoms with van der Waals surface area (Å²) in [4.78, 5) is 1.39. The Kier molecular flexibility index (Phi) is 3.95. The van der Waals surface area contributed by atoms with Crippen LogP contribution in [0.4, 0.5) is 0 Å². The average Bonchev–Trinajstić information content (AvgIpc) is 2.82. The van der Waals surface area contributed by atoms with Gasteiger partial charge in [-0.2, -0.15) is 4.80 Å². The van der Waals surface area contributed by atoms with Crippen LogP contribution in [0.25, 0.3) is 0 Å². The van der Waals surface area contributed by atoms with Crippen LogP contribution in [0.3, 0.4) is 0 Å². The SMILES string of the molecule is Cn1nnc(CC(NN)c2cc(Cl)sc2Cl)n1. The van der Waals surface area contributed by atoms with Gasteiger partial charge in [0.25, 0.3) is 0 Å². The van der Waals surface area contributed by atoms with Crippen molar-refractivity contribution in [1.82, 2.24) is 25.6 Å². The lowest BCUT2D eigenvalue weighted by molar-refractivity contribution is 0.537. The van der Waals surface area contributed by atoms with E-state index >= 15 is 0 Å². The zero-order valence-corrected chi connectivity index (χ0v) is 11.2. The summed E-state index contributed by atoms with van der Waals surface area (Å²) in [6.07, 6.45) is 0.497. The zero-order chi connectivity index (χ0) is 12.4. The van der Waals surface area contributed by atoms with Crippen molar-refractivity contribution in [2.24, 2.45) is 12.9 Å². The van der Waals surface area contributed by atoms with Crippen LogP contribution in [0.2, 0.25) is 8.67 Å². The quantitative estimate of drug-likeness (QED) is 0.656. The Morgan fingerprint density at radius 1 is 1.59 bits per heavy atom. The van der Waals surface area contributed by atoms with Crippen molar-refractivity contribution in [3.63, 3.8) is 0 Å². The summed E-state index contributed by atoms with van der Waals surface area (Å²) in [7, 11) is 1.70. The first-order valence-corrected chi connectivity index (χ1v) is 6.31. The van der Waals surface area contributed by atoms with Gasteiger partial charge >= 0.3 is 0 Å². The van der Waals surface area contributed by atoms with E-state index in [1.807, 2.05) is 0 Å². The molecule has 2 heterocycles. The Balaban J connectivity index is 2.19. The minimum absolute atomic E-state index is 0.185. The predicted octanol–water partition coefficient (Wildman–Crippen LogP) is 1.33. The minimum atomic E-state index is -0.185. The Labute approximate surface area is 112 Å². The highest BCUT2D eigenvalue weighted by atomic mass is 35.5. The van der Waals surface area contributed by atoms with Gasteiger partial charge in [-0.05, 0) is 11.3 Å². The fourth-order valence-corrected chi connectivity index (χ4v) is 3.02. The molecule has 0 fully saturated rings. The van der Waals surface area contributed by atoms with Gasteiger partial charge in [0.2, 0.25) is 0 Å². The Hall–Kier alpha value is -0.730. The molecule has 0 spiro atoms. The summed E-state index contributed by atoms with van der Waals surface area (Å²) in [5, 5.41) is 11.7. The first-order chi connectivity index (χ1) is 8.10. The summed E-state index contributed by atoms with van der Waals surface area (Å²) in [6.45, 7) is 0. The molecule has 0 aliphatic heterocycles. The van der Waals surface area contributed by atoms with Gasteiger partial charge in [0.1, 0.15) is 0 Å². The highest BCUT2D eigenvalue weighted by Crippen LogP contribution is 2.35. The van der Waals surface area contributed by atoms with Gasteiger partial charge in [-0.25, -0.2) is 0 Å². The second kappa shape index (κ2) is 5.28. The van der Waals surface area contributed by atoms with Crippen LogP contribution < -0.4 is 11.3 Å². The number of nitrogens with two attached hydrogens (primary N) is 1. The summed E-state index contributed by atoms with van der Waals surface area (Å²) >= 11 is 13.3. The van der Waals surface area contributed by atoms with Crippen LogP contribution in [-0.2, 0) is 13.5 Å². The number of hydrazine groups is 1. The number of rotatable bonds is 4. The van der Waals surface area contributed by atoms with Gasteiger partial charge in [0, 0.05) is 12.0 Å². The maximum atomic E-state index is 6.07. The molecule has 0 radical (unpaired) electrons. The molecule has 0 aliphatic carbocycles. The molecule has 0 aromatic carbocycles. The van der Waals surface area contributed by atoms with E-state index in [0.717, 1.165) is 5.56 Å². The number of hydrogen-bond donors (Lipinski definition) is 2. The maximum Gasteiger partial charge on any atom is 0.176 e. The molecule has 2 aromatic rings. The largest absolute Gasteiger partial charge is 0.271 e. The fraction of sp³-hybridized carbons (Fsp3) is 0.375. The molecule has 0 aliphatic rings. The molecule has 2 aromatic heterocycles. The van der Waals surface area contributed by atoms with Crippen LogP contribution in [-0.4, -0.2) is 20.2 Å². The molecule has 1 unspecified atom stereocenters. The fourth-order valence-electron chi connectivity index (χ4n) is 1.44. The van der Waals surface area contributed by atoms with Crippen molar-refractivity contribution in [1.29, 1.82) is 0 Å². The van der Waals surface area contributed by atoms with Gasteiger partial charge in [-0.3, -0.25) is 11.3 Å². The summed E-state index contributed by atoms with van der Waals surface area (Å²) in [5.74, 6) is 6.10. The Morgan fingerprint density at radius 3 is 2.82 bits per heavy atom. The standard InChI is InChI=1S/C8H10Cl2N6S/c1-16-14-7(13-15-16)3-5(12-11)4-2-6(9)17-8(4)10/h2,5,12H,3,11H2,1H3. The average molecular weight is 293 g/mol. The Bertz CT molecular complexity index is 510. The topological polar surface area (TPSA) is 81.7 Å². The highest BCUT2D eigenvalue weighted by Gasteiger charge is 2.19. The molecular weight excluding hydrogens is 283 g/mol. The number of halogens is 2. The van der Waals surface area contributed by atoms with E-state index in [4.69, 9.17) is 29.0 Å². The smallest absolute Gasteiger partial charge is 0.176 e. The number of tetrazole rings is 1. The van der Waals surface area contributed by atoms with Crippen molar-refractivity contribution in [3.8, 4) is 0 Å². The molecule has 92 valence electrons. The third-order valence-electron chi connectivity index (χ3n) is 2.20. The lowest BCUT2D eigenvalue weighted by Crippen LogP contribution is -2.29. The van der Waals surface area contributed by atoms with Crippen molar-refractivity contribution in [2.75, 3.05) is 0 Å². The summed E-state index contributed by atoms with van der Waals surface area (Å²) in [6, 6.07) is 1.60. The second-order valence-corrected chi connectivity index (χ2v) is 5.68. The molecular formula is C8H10Cl2N6S. The molecule has 6 nitrogen and oxygen atoms in total. The van der Waals surface area contributed by atoms with Crippen LogP contribution in [0, 0.1) is 0 Å². The van der Waals surface area contributed by atoms with Crippen LogP contribution in [0.5, 0.6) is 0 Å². The van der Waals surface area contributed by atoms with Gasteiger partial charge in [0.15, 0.2) is 5.82 Å². The minimum Gasteiger partial charge on any atom is -0.271 e. The van der Waals surface area contributed by atoms with E-state index in [9.17, 15) is 0 Å². The van der Waals surface area contributed by atoms with Gasteiger partial charge in [-0.1, -0.05) is 23.2 Å². The lowest BCUT2D eigenvalue weighted by Gasteiger charge is -2.12. The van der Waals surface area contributed by atoms with Crippen LogP contribution in [0.1, 0.15) is 17.4 Å². The molecule has 0 saturated carbocycles. The third kappa shape index (κ3) is 2.93. The van der Waals surface area contributed by atoms with Gasteiger partial charge < -0.3 is 0 Å². The van der Waals surface area contributed by atoms with E-state index in [1.54, 1.807) is 13.1 Å². The predicted molar refractivity (Wildman–Crippen MR) is 66.9 cm³/mol. The van der Waals surface area contributed by atoms with E-state index in [-0.39, 0.29) is 6.04 Å². The number of thiophene rings is 1. The molecule has 0 bridgehead atoms. The molecule has 0 amide bonds. The van der Waals surface area contributed by atoms with Gasteiger partial charge in [-0.15, -0.1) is 21.5 Å². The van der Waals surface area contributed by atoms with Crippen molar-refractivity contribution in [3.05, 3.63) is 26.1 Å². The van der Waals surface area contributed by atoms with Crippen LogP contribution >= 0.6 is 34.5 Å². The molecule has 2 rings (SSSR count). The number of nitrogens with zero attached hydrogens (tertiary/aromatic N) is 4. The van der Waals surface area contributed by atoms with E-state index in [2.05, 4.69) is 20.8 Å². The number of nitrogens with one attached hydrogen (secondary N) is 1. The molecule has 0 saturated heterocycles. The Morgan fingerprint density at radius 2 is 2.35 bits per heavy atom. The highest BCUT2D eigenvalue weighted by molar-refractivity contribution is 7.20. The van der Waals surface area contributed by atoms with Crippen molar-refractivity contribution in [2.45, 2.75) is 12.5 Å². The molecule has 9 heteroatoms. The summed E-state index contributed by atoms with van der Waals surface area (Å²) < 4.78 is 1.24. The van der Waals surface area contributed by atoms with E-state index < -0.39 is 0 Å². The monoisotopic (exact) mass is 292 g/mol. The van der Waals surface area contributed by atoms with Crippen LogP contribution in [0.15, 0.2) is 6.07 Å². The molecule has 17 heavy (non-hydrogen) atoms. The number of aryl methyl sites for hydroxylation is 1. The maximum absolute atomic E-state index is 6.07.